The number of pyridine rings is 2. The molecule has 1 spiro atoms. The third-order valence-corrected chi connectivity index (χ3v) is 18.3. The number of ether oxygens (including phenoxy) is 4. The van der Waals surface area contributed by atoms with Crippen LogP contribution in [0.4, 0.5) is 21.6 Å². The number of anilines is 2. The largest absolute Gasteiger partial charge is 0.493 e. The van der Waals surface area contributed by atoms with Crippen molar-refractivity contribution in [1.29, 1.82) is 0 Å². The van der Waals surface area contributed by atoms with Gasteiger partial charge in [0.05, 0.1) is 41.0 Å². The van der Waals surface area contributed by atoms with Gasteiger partial charge in [0.2, 0.25) is 11.6 Å². The monoisotopic (exact) mass is 1100 g/mol. The van der Waals surface area contributed by atoms with Crippen molar-refractivity contribution >= 4 is 44.2 Å². The second kappa shape index (κ2) is 21.9. The Balaban J connectivity index is 0.787. The van der Waals surface area contributed by atoms with Gasteiger partial charge in [0.1, 0.15) is 41.1 Å². The first kappa shape index (κ1) is 53.9. The number of amides is 1. The van der Waals surface area contributed by atoms with Crippen molar-refractivity contribution in [2.45, 2.75) is 107 Å². The second-order valence-electron chi connectivity index (χ2n) is 22.6. The number of piperidine rings is 1. The number of H-pyrrole nitrogens is 1. The Labute approximate surface area is 459 Å². The van der Waals surface area contributed by atoms with E-state index in [0.29, 0.717) is 74.5 Å². The second-order valence-corrected chi connectivity index (χ2v) is 24.3. The number of carbonyl (C=O) groups excluding carboxylic acids is 1. The van der Waals surface area contributed by atoms with Gasteiger partial charge in [0, 0.05) is 87.5 Å². The fourth-order valence-electron chi connectivity index (χ4n) is 12.5. The van der Waals surface area contributed by atoms with Crippen LogP contribution in [0.3, 0.4) is 0 Å². The highest BCUT2D eigenvalue weighted by molar-refractivity contribution is 7.90. The highest BCUT2D eigenvalue weighted by Crippen LogP contribution is 2.54. The molecular weight excluding hydrogens is 1030 g/mol. The van der Waals surface area contributed by atoms with E-state index in [1.165, 1.54) is 35.7 Å². The summed E-state index contributed by atoms with van der Waals surface area (Å²) >= 11 is 0. The van der Waals surface area contributed by atoms with Crippen LogP contribution < -0.4 is 33.9 Å². The lowest BCUT2D eigenvalue weighted by Crippen LogP contribution is -2.60. The molecule has 418 valence electrons. The number of aromatic nitrogens is 3. The van der Waals surface area contributed by atoms with Gasteiger partial charge in [0.25, 0.3) is 15.9 Å². The molecule has 3 aromatic carbocycles. The Morgan fingerprint density at radius 1 is 0.962 bits per heavy atom. The number of aromatic amines is 1. The quantitative estimate of drug-likeness (QED) is 0.0523. The molecule has 1 atom stereocenters. The molecule has 0 bridgehead atoms. The molecule has 3 aromatic heterocycles. The maximum Gasteiger partial charge on any atom is 0.312 e. The van der Waals surface area contributed by atoms with E-state index in [1.807, 2.05) is 6.07 Å². The van der Waals surface area contributed by atoms with Crippen molar-refractivity contribution in [2.75, 3.05) is 69.8 Å². The molecule has 0 unspecified atom stereocenters. The zero-order valence-electron chi connectivity index (χ0n) is 45.0. The number of hydrogen-bond donors (Lipinski definition) is 4. The number of piperazine rings is 1. The summed E-state index contributed by atoms with van der Waals surface area (Å²) in [5, 5.41) is 25.7. The number of nitrogens with one attached hydrogen (secondary N) is 3. The number of rotatable bonds is 16. The summed E-state index contributed by atoms with van der Waals surface area (Å²) in [6, 6.07) is 20.8. The topological polar surface area (TPSA) is 227 Å². The highest BCUT2D eigenvalue weighted by atomic mass is 32.2. The summed E-state index contributed by atoms with van der Waals surface area (Å²) in [7, 11) is -3.07. The summed E-state index contributed by atoms with van der Waals surface area (Å²) < 4.78 is 68.6. The van der Waals surface area contributed by atoms with Gasteiger partial charge >= 0.3 is 5.69 Å². The third-order valence-electron chi connectivity index (χ3n) is 17.0. The zero-order valence-corrected chi connectivity index (χ0v) is 45.8. The smallest absolute Gasteiger partial charge is 0.312 e. The molecule has 4 N–H and O–H groups in total. The van der Waals surface area contributed by atoms with Gasteiger partial charge in [-0.15, -0.1) is 0 Å². The van der Waals surface area contributed by atoms with Gasteiger partial charge in [-0.25, -0.2) is 27.5 Å². The Morgan fingerprint density at radius 3 is 2.47 bits per heavy atom. The van der Waals surface area contributed by atoms with Crippen molar-refractivity contribution in [1.82, 2.24) is 29.5 Å². The first-order chi connectivity index (χ1) is 37.9. The number of nitrogens with zero attached hydrogens (tertiary/aromatic N) is 6. The van der Waals surface area contributed by atoms with Gasteiger partial charge < -0.3 is 39.3 Å². The van der Waals surface area contributed by atoms with E-state index in [0.717, 1.165) is 94.2 Å². The van der Waals surface area contributed by atoms with Crippen molar-refractivity contribution in [3.05, 3.63) is 124 Å². The van der Waals surface area contributed by atoms with Crippen molar-refractivity contribution in [3.63, 3.8) is 0 Å². The van der Waals surface area contributed by atoms with Crippen molar-refractivity contribution < 1.29 is 46.6 Å². The third kappa shape index (κ3) is 11.3. The number of sulfonamides is 1. The van der Waals surface area contributed by atoms with Crippen LogP contribution in [0.2, 0.25) is 0 Å². The van der Waals surface area contributed by atoms with Crippen LogP contribution in [-0.4, -0.2) is 120 Å². The minimum Gasteiger partial charge on any atom is -0.493 e. The molecule has 0 radical (unpaired) electrons. The average Bonchev–Trinajstić information content (AvgIpc) is 3.87. The summed E-state index contributed by atoms with van der Waals surface area (Å²) in [5.41, 5.74) is 3.56. The molecular formula is C58H68FN9O10S. The summed E-state index contributed by atoms with van der Waals surface area (Å²) in [6.45, 7) is 12.6. The number of carbonyl (C=O) groups is 1. The van der Waals surface area contributed by atoms with Crippen molar-refractivity contribution in [3.8, 4) is 28.7 Å². The number of nitro groups is 1. The molecule has 5 aliphatic rings. The van der Waals surface area contributed by atoms with Gasteiger partial charge in [-0.2, -0.15) is 0 Å². The number of halogens is 1. The number of hydrogen-bond acceptors (Lipinski definition) is 16. The van der Waals surface area contributed by atoms with Crippen LogP contribution in [0.1, 0.15) is 111 Å². The van der Waals surface area contributed by atoms with Gasteiger partial charge in [0.15, 0.2) is 11.5 Å². The molecule has 79 heavy (non-hydrogen) atoms. The SMILES string of the molecule is COc1ccc(CN2CCN(C3CC4(CCN(c5ccc(C(=O)NS(=O)(=O)c6cnc(NCC7CCC(C)(O)CC7)c([N+](=O)[O-])c6)c(Oc6cnc7[nH]cc(F)c7c6)c5)CC4)C3)[C@H](c3ccccc3C(C)C)C2)c2c1OCCO2. The first-order valence-corrected chi connectivity index (χ1v) is 28.8. The average molecular weight is 1100 g/mol. The van der Waals surface area contributed by atoms with E-state index >= 15 is 0 Å². The molecule has 3 aliphatic heterocycles. The Bertz CT molecular complexity index is 3370. The number of aliphatic hydroxyl groups is 1. The van der Waals surface area contributed by atoms with Gasteiger partial charge in [-0.3, -0.25) is 24.7 Å². The van der Waals surface area contributed by atoms with E-state index in [1.54, 1.807) is 26.2 Å². The summed E-state index contributed by atoms with van der Waals surface area (Å²) in [6.07, 6.45) is 10.2. The minimum absolute atomic E-state index is 0.00114. The molecule has 6 heterocycles. The van der Waals surface area contributed by atoms with Crippen LogP contribution in [0.5, 0.6) is 28.7 Å². The lowest BCUT2D eigenvalue weighted by molar-refractivity contribution is -0.384. The lowest BCUT2D eigenvalue weighted by Gasteiger charge is -2.58. The molecule has 21 heteroatoms. The number of benzene rings is 3. The maximum atomic E-state index is 14.8. The molecule has 11 rings (SSSR count). The summed E-state index contributed by atoms with van der Waals surface area (Å²) in [5.74, 6) is 1.00. The normalized spacial score (nSPS) is 21.7. The fourth-order valence-corrected chi connectivity index (χ4v) is 13.4. The van der Waals surface area contributed by atoms with Gasteiger partial charge in [-0.05, 0) is 111 Å². The van der Waals surface area contributed by atoms with Crippen LogP contribution in [0.25, 0.3) is 11.0 Å². The maximum absolute atomic E-state index is 14.8. The van der Waals surface area contributed by atoms with Crippen LogP contribution in [-0.2, 0) is 16.6 Å². The number of fused-ring (bicyclic) bond motifs is 2. The lowest BCUT2D eigenvalue weighted by atomic mass is 9.59. The number of methoxy groups -OCH3 is 1. The fraction of sp³-hybridized carbons (Fsp3) is 0.466. The van der Waals surface area contributed by atoms with E-state index in [2.05, 4.69) is 83.9 Å². The molecule has 2 saturated heterocycles. The molecule has 1 amide bonds. The van der Waals surface area contributed by atoms with Crippen molar-refractivity contribution in [2.24, 2.45) is 11.3 Å². The Morgan fingerprint density at radius 2 is 1.72 bits per heavy atom. The predicted molar refractivity (Wildman–Crippen MR) is 295 cm³/mol. The summed E-state index contributed by atoms with van der Waals surface area (Å²) in [4.78, 5) is 43.7. The molecule has 2 saturated carbocycles. The van der Waals surface area contributed by atoms with Crippen LogP contribution >= 0.6 is 0 Å². The van der Waals surface area contributed by atoms with E-state index in [9.17, 15) is 32.8 Å². The molecule has 2 aliphatic carbocycles. The minimum atomic E-state index is -4.72. The highest BCUT2D eigenvalue weighted by Gasteiger charge is 2.50. The van der Waals surface area contributed by atoms with E-state index in [-0.39, 0.29) is 45.6 Å². The molecule has 6 aromatic rings. The molecule has 19 nitrogen and oxygen atoms in total. The zero-order chi connectivity index (χ0) is 55.2. The molecule has 4 fully saturated rings. The van der Waals surface area contributed by atoms with Gasteiger partial charge in [-0.1, -0.05) is 44.2 Å². The first-order valence-electron chi connectivity index (χ1n) is 27.3. The Hall–Kier alpha value is -7.07. The van der Waals surface area contributed by atoms with E-state index in [4.69, 9.17) is 18.9 Å². The van der Waals surface area contributed by atoms with E-state index < -0.39 is 42.9 Å². The predicted octanol–water partition coefficient (Wildman–Crippen LogP) is 9.48. The van der Waals surface area contributed by atoms with Crippen LogP contribution in [0, 0.1) is 27.3 Å². The standard InChI is InChI=1S/C58H68FN9O10S/c1-36(2)43-7-5-6-8-44(43)49-35-65(34-38-9-12-50(75-4)53-52(38)76-23-24-77-53)21-22-67(49)40-28-58(29-40)17-19-66(20-18-58)39-10-11-45(51(25-39)78-41-26-46-47(59)33-63-54(46)61-31-41)56(69)64-79(73,74)42-27-48(68(71)72)55(62-32-42)60-30-37-13-15-57(3,70)16-14-37/h5-12,25-27,31-33,36-37,40,49,70H,13-24,28-30,34-35H2,1-4H3,(H,60,62)(H,61,63)(H,64,69)/t37?,49-,57?/m0/s1. The van der Waals surface area contributed by atoms with Crippen LogP contribution in [0.15, 0.2) is 90.2 Å². The Kier molecular flexibility index (Phi) is 14.9.